The van der Waals surface area contributed by atoms with Gasteiger partial charge < -0.3 is 15.2 Å². The van der Waals surface area contributed by atoms with E-state index in [2.05, 4.69) is 55.6 Å². The van der Waals surface area contributed by atoms with Crippen LogP contribution in [0.4, 0.5) is 11.8 Å². The molecule has 118 valence electrons. The Balaban J connectivity index is 1.40. The second-order valence-electron chi connectivity index (χ2n) is 5.97. The highest BCUT2D eigenvalue weighted by Gasteiger charge is 2.14. The Kier molecular flexibility index (Phi) is 3.84. The van der Waals surface area contributed by atoms with E-state index in [0.717, 1.165) is 37.8 Å². The molecule has 2 N–H and O–H groups in total. The Hall–Kier alpha value is -2.56. The quantitative estimate of drug-likeness (QED) is 0.760. The first kappa shape index (κ1) is 14.1. The molecule has 1 aliphatic heterocycles. The first-order valence-corrected chi connectivity index (χ1v) is 8.27. The van der Waals surface area contributed by atoms with Crippen LogP contribution in [0.3, 0.4) is 0 Å². The lowest BCUT2D eigenvalue weighted by molar-refractivity contribution is 0.894. The van der Waals surface area contributed by atoms with E-state index in [1.807, 2.05) is 12.3 Å². The number of H-pyrrole nitrogens is 1. The zero-order valence-corrected chi connectivity index (χ0v) is 13.1. The topological polar surface area (TPSA) is 56.8 Å². The van der Waals surface area contributed by atoms with E-state index in [4.69, 9.17) is 0 Å². The minimum atomic E-state index is 0.847. The third-order valence-electron chi connectivity index (χ3n) is 4.41. The predicted molar refractivity (Wildman–Crippen MR) is 94.0 cm³/mol. The lowest BCUT2D eigenvalue weighted by atomic mass is 10.1. The van der Waals surface area contributed by atoms with Crippen molar-refractivity contribution in [1.82, 2.24) is 15.0 Å². The number of rotatable bonds is 5. The molecular weight excluding hydrogens is 286 g/mol. The highest BCUT2D eigenvalue weighted by molar-refractivity contribution is 5.83. The third-order valence-corrected chi connectivity index (χ3v) is 4.41. The monoisotopic (exact) mass is 307 g/mol. The molecule has 0 spiro atoms. The maximum atomic E-state index is 4.63. The van der Waals surface area contributed by atoms with E-state index in [1.54, 1.807) is 0 Å². The van der Waals surface area contributed by atoms with Crippen molar-refractivity contribution in [3.63, 3.8) is 0 Å². The number of nitrogens with zero attached hydrogens (tertiary/aromatic N) is 3. The van der Waals surface area contributed by atoms with Crippen molar-refractivity contribution >= 4 is 22.7 Å². The van der Waals surface area contributed by atoms with E-state index in [-0.39, 0.29) is 0 Å². The highest BCUT2D eigenvalue weighted by atomic mass is 15.3. The second-order valence-corrected chi connectivity index (χ2v) is 5.97. The number of aromatic amines is 1. The Labute approximate surface area is 135 Å². The average Bonchev–Trinajstić information content (AvgIpc) is 3.25. The molecule has 0 atom stereocenters. The van der Waals surface area contributed by atoms with Crippen LogP contribution < -0.4 is 10.2 Å². The van der Waals surface area contributed by atoms with Gasteiger partial charge in [0.15, 0.2) is 0 Å². The standard InChI is InChI=1S/C18H21N5/c1-2-6-16-15(5-1)14(13-21-16)7-9-19-17-8-10-20-18(22-17)23-11-3-4-12-23/h1-2,5-6,8,10,13,21H,3-4,7,9,11-12H2,(H,19,20,22). The first-order valence-electron chi connectivity index (χ1n) is 8.27. The van der Waals surface area contributed by atoms with Crippen molar-refractivity contribution in [2.75, 3.05) is 29.9 Å². The maximum Gasteiger partial charge on any atom is 0.227 e. The highest BCUT2D eigenvalue weighted by Crippen LogP contribution is 2.19. The van der Waals surface area contributed by atoms with Crippen LogP contribution >= 0.6 is 0 Å². The number of hydrogen-bond acceptors (Lipinski definition) is 4. The van der Waals surface area contributed by atoms with Gasteiger partial charge in [-0.3, -0.25) is 0 Å². The van der Waals surface area contributed by atoms with Crippen LogP contribution in [-0.4, -0.2) is 34.6 Å². The third kappa shape index (κ3) is 2.99. The number of fused-ring (bicyclic) bond motifs is 1. The largest absolute Gasteiger partial charge is 0.370 e. The summed E-state index contributed by atoms with van der Waals surface area (Å²) < 4.78 is 0. The molecule has 0 saturated carbocycles. The van der Waals surface area contributed by atoms with E-state index < -0.39 is 0 Å². The molecule has 0 unspecified atom stereocenters. The molecule has 0 radical (unpaired) electrons. The molecule has 2 aromatic heterocycles. The van der Waals surface area contributed by atoms with Crippen LogP contribution in [0.1, 0.15) is 18.4 Å². The number of para-hydroxylation sites is 1. The zero-order valence-electron chi connectivity index (χ0n) is 13.1. The van der Waals surface area contributed by atoms with Gasteiger partial charge in [0.2, 0.25) is 5.95 Å². The smallest absolute Gasteiger partial charge is 0.227 e. The molecule has 5 nitrogen and oxygen atoms in total. The van der Waals surface area contributed by atoms with Crippen molar-refractivity contribution in [3.05, 3.63) is 48.3 Å². The number of nitrogens with one attached hydrogen (secondary N) is 2. The first-order chi connectivity index (χ1) is 11.4. The number of aromatic nitrogens is 3. The minimum Gasteiger partial charge on any atom is -0.370 e. The van der Waals surface area contributed by atoms with Crippen LogP contribution in [0.2, 0.25) is 0 Å². The molecule has 0 bridgehead atoms. The summed E-state index contributed by atoms with van der Waals surface area (Å²) in [7, 11) is 0. The summed E-state index contributed by atoms with van der Waals surface area (Å²) in [5, 5.41) is 4.72. The Bertz CT molecular complexity index is 789. The molecule has 1 aliphatic rings. The maximum absolute atomic E-state index is 4.63. The van der Waals surface area contributed by atoms with E-state index >= 15 is 0 Å². The van der Waals surface area contributed by atoms with E-state index in [9.17, 15) is 0 Å². The van der Waals surface area contributed by atoms with Crippen molar-refractivity contribution < 1.29 is 0 Å². The Morgan fingerprint density at radius 3 is 2.91 bits per heavy atom. The van der Waals surface area contributed by atoms with Gasteiger partial charge in [-0.1, -0.05) is 18.2 Å². The Morgan fingerprint density at radius 2 is 2.00 bits per heavy atom. The van der Waals surface area contributed by atoms with E-state index in [0.29, 0.717) is 0 Å². The molecule has 1 fully saturated rings. The number of benzene rings is 1. The lowest BCUT2D eigenvalue weighted by Gasteiger charge is -2.15. The fourth-order valence-corrected chi connectivity index (χ4v) is 3.18. The van der Waals surface area contributed by atoms with Crippen molar-refractivity contribution in [2.45, 2.75) is 19.3 Å². The summed E-state index contributed by atoms with van der Waals surface area (Å²) in [6.45, 7) is 3.00. The summed E-state index contributed by atoms with van der Waals surface area (Å²) in [6.07, 6.45) is 7.38. The van der Waals surface area contributed by atoms with Gasteiger partial charge in [0.25, 0.3) is 0 Å². The summed E-state index contributed by atoms with van der Waals surface area (Å²) in [5.74, 6) is 1.75. The summed E-state index contributed by atoms with van der Waals surface area (Å²) in [6, 6.07) is 10.4. The SMILES string of the molecule is c1ccc2c(CCNc3ccnc(N4CCCC4)n3)c[nH]c2c1. The lowest BCUT2D eigenvalue weighted by Crippen LogP contribution is -2.20. The van der Waals surface area contributed by atoms with E-state index in [1.165, 1.54) is 29.3 Å². The summed E-state index contributed by atoms with van der Waals surface area (Å²) in [4.78, 5) is 14.6. The van der Waals surface area contributed by atoms with Gasteiger partial charge in [-0.15, -0.1) is 0 Å². The Morgan fingerprint density at radius 1 is 1.13 bits per heavy atom. The van der Waals surface area contributed by atoms with Crippen LogP contribution in [-0.2, 0) is 6.42 Å². The summed E-state index contributed by atoms with van der Waals surface area (Å²) in [5.41, 5.74) is 2.53. The number of anilines is 2. The van der Waals surface area contributed by atoms with Gasteiger partial charge in [0, 0.05) is 42.9 Å². The van der Waals surface area contributed by atoms with Gasteiger partial charge in [-0.05, 0) is 37.0 Å². The molecule has 4 rings (SSSR count). The van der Waals surface area contributed by atoms with Crippen molar-refractivity contribution in [2.24, 2.45) is 0 Å². The molecule has 0 amide bonds. The van der Waals surface area contributed by atoms with Crippen LogP contribution in [0.15, 0.2) is 42.7 Å². The predicted octanol–water partition coefficient (Wildman–Crippen LogP) is 3.21. The normalized spacial score (nSPS) is 14.5. The molecule has 1 saturated heterocycles. The van der Waals surface area contributed by atoms with Gasteiger partial charge in [0.1, 0.15) is 5.82 Å². The average molecular weight is 307 g/mol. The van der Waals surface area contributed by atoms with Crippen LogP contribution in [0.25, 0.3) is 10.9 Å². The van der Waals surface area contributed by atoms with Gasteiger partial charge in [-0.2, -0.15) is 4.98 Å². The molecule has 0 aliphatic carbocycles. The summed E-state index contributed by atoms with van der Waals surface area (Å²) >= 11 is 0. The van der Waals surface area contributed by atoms with Crippen molar-refractivity contribution in [3.8, 4) is 0 Å². The molecule has 23 heavy (non-hydrogen) atoms. The molecule has 3 heterocycles. The molecule has 3 aromatic rings. The molecular formula is C18H21N5. The van der Waals surface area contributed by atoms with Crippen LogP contribution in [0.5, 0.6) is 0 Å². The zero-order chi connectivity index (χ0) is 15.5. The fourth-order valence-electron chi connectivity index (χ4n) is 3.18. The van der Waals surface area contributed by atoms with Gasteiger partial charge >= 0.3 is 0 Å². The van der Waals surface area contributed by atoms with Gasteiger partial charge in [0.05, 0.1) is 0 Å². The minimum absolute atomic E-state index is 0.847. The van der Waals surface area contributed by atoms with Gasteiger partial charge in [-0.25, -0.2) is 4.98 Å². The van der Waals surface area contributed by atoms with Crippen molar-refractivity contribution in [1.29, 1.82) is 0 Å². The fraction of sp³-hybridized carbons (Fsp3) is 0.333. The second kappa shape index (κ2) is 6.28. The molecule has 5 heteroatoms. The van der Waals surface area contributed by atoms with Crippen LogP contribution in [0, 0.1) is 0 Å². The number of hydrogen-bond donors (Lipinski definition) is 2. The molecule has 1 aromatic carbocycles.